The van der Waals surface area contributed by atoms with Crippen molar-refractivity contribution in [3.8, 4) is 0 Å². The lowest BCUT2D eigenvalue weighted by molar-refractivity contribution is 0.437. The van der Waals surface area contributed by atoms with Gasteiger partial charge >= 0.3 is 0 Å². The van der Waals surface area contributed by atoms with Crippen molar-refractivity contribution in [3.63, 3.8) is 0 Å². The average molecular weight is 174 g/mol. The van der Waals surface area contributed by atoms with Crippen LogP contribution in [-0.4, -0.2) is 20.2 Å². The Morgan fingerprint density at radius 3 is 2.80 bits per heavy atom. The monoisotopic (exact) mass is 174 g/mol. The van der Waals surface area contributed by atoms with Gasteiger partial charge in [0.1, 0.15) is 10.5 Å². The molecule has 3 heteroatoms. The topological polar surface area (TPSA) is 9.23 Å². The van der Waals surface area contributed by atoms with E-state index < -0.39 is 0 Å². The van der Waals surface area contributed by atoms with Gasteiger partial charge in [-0.25, -0.2) is 0 Å². The molecule has 0 N–H and O–H groups in total. The Hall–Kier alpha value is 0.394. The molecule has 0 radical (unpaired) electrons. The molecule has 0 heterocycles. The summed E-state index contributed by atoms with van der Waals surface area (Å²) in [6, 6.07) is 0. The highest BCUT2D eigenvalue weighted by molar-refractivity contribution is 6.38. The van der Waals surface area contributed by atoms with Gasteiger partial charge in [-0.05, 0) is 17.4 Å². The number of hydrogen-bond donors (Lipinski definition) is 0. The van der Waals surface area contributed by atoms with Crippen LogP contribution in [0.4, 0.5) is 0 Å². The van der Waals surface area contributed by atoms with Crippen molar-refractivity contribution in [1.82, 2.24) is 0 Å². The zero-order chi connectivity index (χ0) is 7.61. The number of hydrogen-bond acceptors (Lipinski definition) is 1. The van der Waals surface area contributed by atoms with Gasteiger partial charge in [0.05, 0.1) is 0 Å². The van der Waals surface area contributed by atoms with Crippen molar-refractivity contribution in [3.05, 3.63) is 0 Å². The second-order valence-corrected chi connectivity index (χ2v) is 8.09. The van der Waals surface area contributed by atoms with Crippen molar-refractivity contribution in [2.75, 3.05) is 0 Å². The minimum Gasteiger partial charge on any atom is -0.468 e. The van der Waals surface area contributed by atoms with E-state index in [1.54, 1.807) is 0 Å². The predicted molar refractivity (Wildman–Crippen MR) is 51.0 cm³/mol. The van der Waals surface area contributed by atoms with Crippen LogP contribution in [0.5, 0.6) is 0 Å². The second-order valence-electron chi connectivity index (χ2n) is 3.88. The first-order chi connectivity index (χ1) is 4.69. The zero-order valence-corrected chi connectivity index (χ0v) is 10.7. The lowest BCUT2D eigenvalue weighted by atomic mass is 9.99. The van der Waals surface area contributed by atoms with E-state index in [-0.39, 0.29) is 9.76 Å². The van der Waals surface area contributed by atoms with Gasteiger partial charge in [-0.3, -0.25) is 0 Å². The van der Waals surface area contributed by atoms with Crippen LogP contribution in [0.15, 0.2) is 0 Å². The van der Waals surface area contributed by atoms with E-state index in [1.807, 2.05) is 0 Å². The van der Waals surface area contributed by atoms with E-state index in [2.05, 4.69) is 13.8 Å². The molecule has 0 bridgehead atoms. The fourth-order valence-electron chi connectivity index (χ4n) is 1.95. The van der Waals surface area contributed by atoms with Crippen molar-refractivity contribution < 1.29 is 4.12 Å². The molecule has 2 unspecified atom stereocenters. The summed E-state index contributed by atoms with van der Waals surface area (Å²) >= 11 is 0. The molecule has 10 heavy (non-hydrogen) atoms. The summed E-state index contributed by atoms with van der Waals surface area (Å²) in [5, 5.41) is 0.655. The summed E-state index contributed by atoms with van der Waals surface area (Å²) in [6.45, 7) is 4.81. The fourth-order valence-corrected chi connectivity index (χ4v) is 5.47. The highest BCUT2D eigenvalue weighted by Gasteiger charge is 2.35. The van der Waals surface area contributed by atoms with Gasteiger partial charge in [0.2, 0.25) is 0 Å². The van der Waals surface area contributed by atoms with Crippen molar-refractivity contribution in [1.29, 1.82) is 0 Å². The van der Waals surface area contributed by atoms with Gasteiger partial charge in [-0.1, -0.05) is 26.7 Å². The van der Waals surface area contributed by atoms with Crippen LogP contribution in [0.1, 0.15) is 33.1 Å². The van der Waals surface area contributed by atoms with Gasteiger partial charge in [0.25, 0.3) is 0 Å². The molecule has 0 saturated heterocycles. The van der Waals surface area contributed by atoms with Gasteiger partial charge in [0, 0.05) is 0 Å². The molecular formula is C7H18OSi2. The van der Waals surface area contributed by atoms with Gasteiger partial charge < -0.3 is 4.12 Å². The largest absolute Gasteiger partial charge is 0.468 e. The molecule has 0 aromatic heterocycles. The summed E-state index contributed by atoms with van der Waals surface area (Å²) in [5.41, 5.74) is 0. The molecule has 2 atom stereocenters. The molecule has 1 aliphatic carbocycles. The first-order valence-corrected chi connectivity index (χ1v) is 6.28. The van der Waals surface area contributed by atoms with E-state index in [1.165, 1.54) is 19.3 Å². The zero-order valence-electron chi connectivity index (χ0n) is 7.31. The summed E-state index contributed by atoms with van der Waals surface area (Å²) in [5.74, 6) is 0.938. The first-order valence-electron chi connectivity index (χ1n) is 4.18. The summed E-state index contributed by atoms with van der Waals surface area (Å²) in [6.07, 6.45) is 4.31. The lowest BCUT2D eigenvalue weighted by Crippen LogP contribution is -2.21. The Labute approximate surface area is 69.0 Å². The molecule has 1 fully saturated rings. The van der Waals surface area contributed by atoms with Gasteiger partial charge in [-0.15, -0.1) is 0 Å². The van der Waals surface area contributed by atoms with E-state index in [4.69, 9.17) is 4.12 Å². The molecule has 0 aromatic carbocycles. The molecule has 60 valence electrons. The Morgan fingerprint density at radius 2 is 2.40 bits per heavy atom. The standard InChI is InChI=1S/C7H18OSi2/c1-6-4-3-5-7(6,2)10-8-9/h6H,3-5,10H2,1-2,9H3. The maximum absolute atomic E-state index is 5.48. The normalized spacial score (nSPS) is 42.0. The van der Waals surface area contributed by atoms with Crippen molar-refractivity contribution in [2.24, 2.45) is 5.92 Å². The minimum absolute atomic E-state index is 0.184. The van der Waals surface area contributed by atoms with E-state index in [0.29, 0.717) is 5.04 Å². The fraction of sp³-hybridized carbons (Fsp3) is 1.00. The number of rotatable bonds is 2. The molecule has 0 amide bonds. The third-order valence-electron chi connectivity index (χ3n) is 3.05. The molecule has 0 spiro atoms. The van der Waals surface area contributed by atoms with Crippen LogP contribution < -0.4 is 0 Å². The molecular weight excluding hydrogens is 156 g/mol. The van der Waals surface area contributed by atoms with Gasteiger partial charge in [-0.2, -0.15) is 0 Å². The predicted octanol–water partition coefficient (Wildman–Crippen LogP) is 0.366. The van der Waals surface area contributed by atoms with Crippen LogP contribution in [0.3, 0.4) is 0 Å². The second kappa shape index (κ2) is 3.19. The van der Waals surface area contributed by atoms with E-state index in [9.17, 15) is 0 Å². The molecule has 1 saturated carbocycles. The van der Waals surface area contributed by atoms with Gasteiger partial charge in [0.15, 0.2) is 9.76 Å². The Balaban J connectivity index is 2.48. The third-order valence-corrected chi connectivity index (χ3v) is 5.91. The maximum Gasteiger partial charge on any atom is 0.151 e. The van der Waals surface area contributed by atoms with Crippen molar-refractivity contribution in [2.45, 2.75) is 38.1 Å². The maximum atomic E-state index is 5.48. The Morgan fingerprint density at radius 1 is 1.70 bits per heavy atom. The molecule has 0 aromatic rings. The quantitative estimate of drug-likeness (QED) is 0.550. The van der Waals surface area contributed by atoms with E-state index >= 15 is 0 Å². The summed E-state index contributed by atoms with van der Waals surface area (Å²) < 4.78 is 5.48. The minimum atomic E-state index is -0.184. The highest BCUT2D eigenvalue weighted by atomic mass is 28.3. The SMILES string of the molecule is CC1CCCC1(C)[SiH2]O[SiH3]. The third kappa shape index (κ3) is 1.52. The van der Waals surface area contributed by atoms with Crippen LogP contribution in [0.2, 0.25) is 5.04 Å². The summed E-state index contributed by atoms with van der Waals surface area (Å²) in [7, 11) is 0.776. The Bertz CT molecular complexity index is 118. The summed E-state index contributed by atoms with van der Waals surface area (Å²) in [4.78, 5) is 0. The first kappa shape index (κ1) is 8.49. The van der Waals surface area contributed by atoms with Crippen LogP contribution >= 0.6 is 0 Å². The molecule has 1 rings (SSSR count). The van der Waals surface area contributed by atoms with Crippen LogP contribution in [-0.2, 0) is 4.12 Å². The average Bonchev–Trinajstić information content (AvgIpc) is 2.15. The Kier molecular flexibility index (Phi) is 2.71. The smallest absolute Gasteiger partial charge is 0.151 e. The van der Waals surface area contributed by atoms with Crippen molar-refractivity contribution >= 4 is 20.2 Å². The molecule has 1 nitrogen and oxygen atoms in total. The van der Waals surface area contributed by atoms with E-state index in [0.717, 1.165) is 16.4 Å². The van der Waals surface area contributed by atoms with Crippen LogP contribution in [0, 0.1) is 5.92 Å². The molecule has 1 aliphatic rings. The molecule has 0 aliphatic heterocycles. The lowest BCUT2D eigenvalue weighted by Gasteiger charge is -2.27. The highest BCUT2D eigenvalue weighted by Crippen LogP contribution is 2.48. The van der Waals surface area contributed by atoms with Crippen LogP contribution in [0.25, 0.3) is 0 Å².